The number of carbonyl (C=O) groups excluding carboxylic acids is 1. The van der Waals surface area contributed by atoms with E-state index in [1.165, 1.54) is 18.2 Å². The largest absolute Gasteiger partial charge is 0.360 e. The molecule has 29 heavy (non-hydrogen) atoms. The molecule has 5 rings (SSSR count). The second kappa shape index (κ2) is 7.52. The van der Waals surface area contributed by atoms with Gasteiger partial charge in [-0.25, -0.2) is 0 Å². The smallest absolute Gasteiger partial charge is 0.233 e. The predicted octanol–water partition coefficient (Wildman–Crippen LogP) is 4.36. The van der Waals surface area contributed by atoms with E-state index in [9.17, 15) is 4.79 Å². The molecule has 3 aromatic rings. The number of amides is 1. The molecular weight excluding hydrogens is 382 g/mol. The van der Waals surface area contributed by atoms with E-state index in [0.29, 0.717) is 23.6 Å². The van der Waals surface area contributed by atoms with Gasteiger partial charge in [0.05, 0.1) is 5.75 Å². The summed E-state index contributed by atoms with van der Waals surface area (Å²) in [6.07, 6.45) is 5.52. The lowest BCUT2D eigenvalue weighted by Gasteiger charge is -2.34. The van der Waals surface area contributed by atoms with Gasteiger partial charge in [0.25, 0.3) is 0 Å². The van der Waals surface area contributed by atoms with Gasteiger partial charge in [-0.3, -0.25) is 9.36 Å². The molecular formula is C22H27N5OS. The highest BCUT2D eigenvalue weighted by Crippen LogP contribution is 2.42. The first-order valence-electron chi connectivity index (χ1n) is 10.5. The van der Waals surface area contributed by atoms with Gasteiger partial charge in [0.1, 0.15) is 0 Å². The molecule has 1 aromatic carbocycles. The quantitative estimate of drug-likeness (QED) is 0.636. The lowest BCUT2D eigenvalue weighted by Crippen LogP contribution is -2.43. The van der Waals surface area contributed by atoms with E-state index in [1.54, 1.807) is 0 Å². The number of piperidine rings is 1. The Morgan fingerprint density at radius 1 is 1.17 bits per heavy atom. The molecule has 2 atom stereocenters. The number of hydrogen-bond donors (Lipinski definition) is 1. The molecule has 0 bridgehead atoms. The molecule has 0 unspecified atom stereocenters. The molecule has 0 spiro atoms. The molecule has 6 nitrogen and oxygen atoms in total. The first-order chi connectivity index (χ1) is 14.1. The lowest BCUT2D eigenvalue weighted by molar-refractivity contribution is -0.130. The molecule has 1 amide bonds. The Morgan fingerprint density at radius 2 is 1.93 bits per heavy atom. The van der Waals surface area contributed by atoms with Crippen LogP contribution in [0.5, 0.6) is 0 Å². The van der Waals surface area contributed by atoms with Crippen LogP contribution in [0.15, 0.2) is 35.6 Å². The molecule has 1 aliphatic heterocycles. The zero-order chi connectivity index (χ0) is 20.0. The van der Waals surface area contributed by atoms with Crippen LogP contribution in [0.2, 0.25) is 0 Å². The number of H-pyrrole nitrogens is 1. The molecule has 1 aliphatic carbocycles. The fourth-order valence-corrected chi connectivity index (χ4v) is 5.47. The highest BCUT2D eigenvalue weighted by atomic mass is 32.2. The van der Waals surface area contributed by atoms with Crippen LogP contribution in [-0.4, -0.2) is 49.4 Å². The first-order valence-corrected chi connectivity index (χ1v) is 11.5. The number of aromatic amines is 1. The Labute approximate surface area is 175 Å². The maximum absolute atomic E-state index is 12.8. The van der Waals surface area contributed by atoms with Gasteiger partial charge in [0.15, 0.2) is 11.0 Å². The van der Waals surface area contributed by atoms with Crippen molar-refractivity contribution in [3.05, 3.63) is 30.5 Å². The van der Waals surface area contributed by atoms with Crippen molar-refractivity contribution in [3.63, 3.8) is 0 Å². The highest BCUT2D eigenvalue weighted by Gasteiger charge is 2.32. The number of hydrogen-bond acceptors (Lipinski definition) is 4. The van der Waals surface area contributed by atoms with Crippen LogP contribution in [0, 0.1) is 11.8 Å². The number of carbonyl (C=O) groups is 1. The monoisotopic (exact) mass is 409 g/mol. The molecule has 152 valence electrons. The van der Waals surface area contributed by atoms with Crippen LogP contribution < -0.4 is 0 Å². The number of para-hydroxylation sites is 1. The number of nitrogens with one attached hydrogen (secondary N) is 1. The van der Waals surface area contributed by atoms with Crippen molar-refractivity contribution in [2.45, 2.75) is 44.3 Å². The Morgan fingerprint density at radius 3 is 2.69 bits per heavy atom. The summed E-state index contributed by atoms with van der Waals surface area (Å²) in [5.74, 6) is 2.71. The lowest BCUT2D eigenvalue weighted by atomic mass is 9.92. The molecule has 1 saturated heterocycles. The Balaban J connectivity index is 1.37. The number of benzene rings is 1. The van der Waals surface area contributed by atoms with E-state index in [2.05, 4.69) is 45.7 Å². The number of thioether (sulfide) groups is 1. The Bertz CT molecular complexity index is 1030. The van der Waals surface area contributed by atoms with Gasteiger partial charge in [-0.15, -0.1) is 10.2 Å². The molecule has 0 radical (unpaired) electrons. The van der Waals surface area contributed by atoms with Gasteiger partial charge in [0, 0.05) is 41.8 Å². The van der Waals surface area contributed by atoms with Crippen molar-refractivity contribution >= 4 is 28.6 Å². The van der Waals surface area contributed by atoms with Gasteiger partial charge >= 0.3 is 0 Å². The average Bonchev–Trinajstić information content (AvgIpc) is 3.31. The maximum Gasteiger partial charge on any atom is 0.233 e. The molecule has 3 heterocycles. The summed E-state index contributed by atoms with van der Waals surface area (Å²) in [5, 5.41) is 11.0. The number of likely N-dealkylation sites (tertiary alicyclic amines) is 1. The van der Waals surface area contributed by atoms with E-state index in [0.717, 1.165) is 53.4 Å². The van der Waals surface area contributed by atoms with Crippen molar-refractivity contribution in [2.24, 2.45) is 11.8 Å². The van der Waals surface area contributed by atoms with Crippen LogP contribution in [0.25, 0.3) is 22.3 Å². The molecule has 2 fully saturated rings. The maximum atomic E-state index is 12.8. The van der Waals surface area contributed by atoms with Crippen molar-refractivity contribution < 1.29 is 4.79 Å². The minimum atomic E-state index is 0.215. The van der Waals surface area contributed by atoms with Gasteiger partial charge in [-0.05, 0) is 37.2 Å². The van der Waals surface area contributed by atoms with Crippen molar-refractivity contribution in [1.29, 1.82) is 0 Å². The van der Waals surface area contributed by atoms with Gasteiger partial charge in [-0.2, -0.15) is 0 Å². The van der Waals surface area contributed by atoms with Gasteiger partial charge in [-0.1, -0.05) is 43.8 Å². The molecule has 1 saturated carbocycles. The van der Waals surface area contributed by atoms with E-state index >= 15 is 0 Å². The Hall–Kier alpha value is -2.28. The second-order valence-electron chi connectivity index (χ2n) is 8.69. The van der Waals surface area contributed by atoms with Crippen LogP contribution >= 0.6 is 11.8 Å². The molecule has 2 aromatic heterocycles. The summed E-state index contributed by atoms with van der Waals surface area (Å²) < 4.78 is 2.25. The minimum absolute atomic E-state index is 0.215. The molecule has 2 aliphatic rings. The van der Waals surface area contributed by atoms with Crippen LogP contribution in [0.3, 0.4) is 0 Å². The third kappa shape index (κ3) is 3.68. The standard InChI is InChI=1S/C22H27N5OS/c1-14-9-15(2)12-26(11-14)20(28)13-29-22-25-24-21(27(22)16-7-8-16)18-10-23-19-6-4-3-5-17(18)19/h3-6,10,14-16,23H,7-9,11-13H2,1-2H3/t14-,15-/m0/s1. The van der Waals surface area contributed by atoms with Crippen molar-refractivity contribution in [1.82, 2.24) is 24.6 Å². The summed E-state index contributed by atoms with van der Waals surface area (Å²) >= 11 is 1.53. The summed E-state index contributed by atoms with van der Waals surface area (Å²) in [4.78, 5) is 18.2. The zero-order valence-electron chi connectivity index (χ0n) is 17.0. The first kappa shape index (κ1) is 18.7. The fourth-order valence-electron chi connectivity index (χ4n) is 4.56. The SMILES string of the molecule is C[C@H]1C[C@H](C)CN(C(=O)CSc2nnc(-c3c[nH]c4ccccc34)n2C2CC2)C1. The van der Waals surface area contributed by atoms with E-state index in [-0.39, 0.29) is 5.91 Å². The van der Waals surface area contributed by atoms with E-state index < -0.39 is 0 Å². The highest BCUT2D eigenvalue weighted by molar-refractivity contribution is 7.99. The summed E-state index contributed by atoms with van der Waals surface area (Å²) in [6.45, 7) is 6.22. The number of nitrogens with zero attached hydrogens (tertiary/aromatic N) is 4. The number of aromatic nitrogens is 4. The number of rotatable bonds is 5. The van der Waals surface area contributed by atoms with E-state index in [1.807, 2.05) is 23.2 Å². The summed E-state index contributed by atoms with van der Waals surface area (Å²) in [6, 6.07) is 8.71. The zero-order valence-corrected chi connectivity index (χ0v) is 17.8. The summed E-state index contributed by atoms with van der Waals surface area (Å²) in [7, 11) is 0. The van der Waals surface area contributed by atoms with E-state index in [4.69, 9.17) is 0 Å². The Kier molecular flexibility index (Phi) is 4.86. The van der Waals surface area contributed by atoms with Gasteiger partial charge in [0.2, 0.25) is 5.91 Å². The van der Waals surface area contributed by atoms with Crippen molar-refractivity contribution in [2.75, 3.05) is 18.8 Å². The predicted molar refractivity (Wildman–Crippen MR) is 116 cm³/mol. The summed E-state index contributed by atoms with van der Waals surface area (Å²) in [5.41, 5.74) is 2.18. The molecule has 7 heteroatoms. The van der Waals surface area contributed by atoms with Crippen LogP contribution in [-0.2, 0) is 4.79 Å². The van der Waals surface area contributed by atoms with Crippen molar-refractivity contribution in [3.8, 4) is 11.4 Å². The number of fused-ring (bicyclic) bond motifs is 1. The molecule has 1 N–H and O–H groups in total. The minimum Gasteiger partial charge on any atom is -0.360 e. The topological polar surface area (TPSA) is 66.8 Å². The van der Waals surface area contributed by atoms with Crippen LogP contribution in [0.4, 0.5) is 0 Å². The third-order valence-electron chi connectivity index (χ3n) is 5.95. The second-order valence-corrected chi connectivity index (χ2v) is 9.63. The van der Waals surface area contributed by atoms with Crippen LogP contribution in [0.1, 0.15) is 39.2 Å². The average molecular weight is 410 g/mol. The third-order valence-corrected chi connectivity index (χ3v) is 6.88. The van der Waals surface area contributed by atoms with Gasteiger partial charge < -0.3 is 9.88 Å². The normalized spacial score (nSPS) is 22.3. The fraction of sp³-hybridized carbons (Fsp3) is 0.500.